The van der Waals surface area contributed by atoms with Crippen LogP contribution >= 0.6 is 0 Å². The molecule has 3 aromatic carbocycles. The zero-order valence-corrected chi connectivity index (χ0v) is 16.2. The average molecular weight is 407 g/mol. The molecule has 1 heterocycles. The number of alkyl halides is 3. The van der Waals surface area contributed by atoms with E-state index in [4.69, 9.17) is 4.74 Å². The lowest BCUT2D eigenvalue weighted by atomic mass is 9.96. The second-order valence-corrected chi connectivity index (χ2v) is 7.07. The van der Waals surface area contributed by atoms with E-state index in [1.165, 1.54) is 6.07 Å². The van der Waals surface area contributed by atoms with E-state index in [0.29, 0.717) is 17.9 Å². The standard InChI is InChI=1S/C25H20F3NO/c26-25(27,28)21-8-4-7-19(15-21)17-30-22-10-11-23-20(16-22)13-14-29-24(23)12-9-18-5-2-1-3-6-18/h1-12,15-16H,13-14,17H2/b12-9+. The van der Waals surface area contributed by atoms with Crippen molar-refractivity contribution in [3.05, 3.63) is 107 Å². The molecule has 0 radical (unpaired) electrons. The maximum atomic E-state index is 12.9. The van der Waals surface area contributed by atoms with Crippen molar-refractivity contribution in [2.24, 2.45) is 4.99 Å². The Labute approximate surface area is 173 Å². The molecule has 0 bridgehead atoms. The molecule has 2 nitrogen and oxygen atoms in total. The van der Waals surface area contributed by atoms with Gasteiger partial charge in [-0.2, -0.15) is 13.2 Å². The van der Waals surface area contributed by atoms with Crippen LogP contribution in [0.15, 0.2) is 83.9 Å². The predicted molar refractivity (Wildman–Crippen MR) is 113 cm³/mol. The fraction of sp³-hybridized carbons (Fsp3) is 0.160. The van der Waals surface area contributed by atoms with Crippen molar-refractivity contribution < 1.29 is 17.9 Å². The Morgan fingerprint density at radius 2 is 1.73 bits per heavy atom. The van der Waals surface area contributed by atoms with Crippen molar-refractivity contribution in [2.45, 2.75) is 19.2 Å². The quantitative estimate of drug-likeness (QED) is 0.483. The molecule has 30 heavy (non-hydrogen) atoms. The van der Waals surface area contributed by atoms with E-state index in [1.54, 1.807) is 6.07 Å². The summed E-state index contributed by atoms with van der Waals surface area (Å²) in [5.41, 5.74) is 4.02. The largest absolute Gasteiger partial charge is 0.489 e. The fourth-order valence-electron chi connectivity index (χ4n) is 3.38. The molecule has 0 aromatic heterocycles. The van der Waals surface area contributed by atoms with Gasteiger partial charge in [0.05, 0.1) is 11.3 Å². The number of nitrogens with zero attached hydrogens (tertiary/aromatic N) is 1. The monoisotopic (exact) mass is 407 g/mol. The average Bonchev–Trinajstić information content (AvgIpc) is 2.76. The Morgan fingerprint density at radius 3 is 2.53 bits per heavy atom. The van der Waals surface area contributed by atoms with Gasteiger partial charge in [-0.3, -0.25) is 4.99 Å². The van der Waals surface area contributed by atoms with Crippen LogP contribution in [0.5, 0.6) is 5.75 Å². The van der Waals surface area contributed by atoms with Crippen LogP contribution in [0.1, 0.15) is 27.8 Å². The highest BCUT2D eigenvalue weighted by Crippen LogP contribution is 2.30. The Morgan fingerprint density at radius 1 is 0.900 bits per heavy atom. The van der Waals surface area contributed by atoms with Crippen molar-refractivity contribution in [1.29, 1.82) is 0 Å². The second-order valence-electron chi connectivity index (χ2n) is 7.07. The van der Waals surface area contributed by atoms with E-state index in [2.05, 4.69) is 4.99 Å². The highest BCUT2D eigenvalue weighted by molar-refractivity contribution is 6.12. The number of halogens is 3. The summed E-state index contributed by atoms with van der Waals surface area (Å²) in [5, 5.41) is 0. The smallest absolute Gasteiger partial charge is 0.416 e. The van der Waals surface area contributed by atoms with E-state index in [-0.39, 0.29) is 6.61 Å². The summed E-state index contributed by atoms with van der Waals surface area (Å²) in [6, 6.07) is 21.0. The SMILES string of the molecule is FC(F)(F)c1cccc(COc2ccc3c(c2)CCN=C3/C=C/c2ccccc2)c1. The summed E-state index contributed by atoms with van der Waals surface area (Å²) in [4.78, 5) is 4.62. The number of aliphatic imine (C=N–C) groups is 1. The first kappa shape index (κ1) is 20.0. The van der Waals surface area contributed by atoms with Crippen molar-refractivity contribution in [3.8, 4) is 5.75 Å². The van der Waals surface area contributed by atoms with E-state index in [1.807, 2.05) is 60.7 Å². The van der Waals surface area contributed by atoms with Crippen LogP contribution in [0.4, 0.5) is 13.2 Å². The minimum absolute atomic E-state index is 0.0809. The molecular weight excluding hydrogens is 387 g/mol. The third-order valence-corrected chi connectivity index (χ3v) is 4.91. The van der Waals surface area contributed by atoms with Crippen LogP contribution in [-0.4, -0.2) is 12.3 Å². The molecule has 0 saturated carbocycles. The lowest BCUT2D eigenvalue weighted by Gasteiger charge is -2.17. The van der Waals surface area contributed by atoms with Gasteiger partial charge in [-0.05, 0) is 59.5 Å². The third-order valence-electron chi connectivity index (χ3n) is 4.91. The zero-order chi connectivity index (χ0) is 21.0. The molecule has 0 atom stereocenters. The summed E-state index contributed by atoms with van der Waals surface area (Å²) in [7, 11) is 0. The van der Waals surface area contributed by atoms with Gasteiger partial charge in [-0.25, -0.2) is 0 Å². The first-order valence-electron chi connectivity index (χ1n) is 9.69. The lowest BCUT2D eigenvalue weighted by molar-refractivity contribution is -0.137. The molecule has 1 aliphatic heterocycles. The van der Waals surface area contributed by atoms with Crippen molar-refractivity contribution in [1.82, 2.24) is 0 Å². The molecule has 0 saturated heterocycles. The summed E-state index contributed by atoms with van der Waals surface area (Å²) >= 11 is 0. The first-order valence-corrected chi connectivity index (χ1v) is 9.69. The normalized spacial score (nSPS) is 13.8. The van der Waals surface area contributed by atoms with Gasteiger partial charge in [0.2, 0.25) is 0 Å². The number of hydrogen-bond donors (Lipinski definition) is 0. The Hall–Kier alpha value is -3.34. The molecule has 152 valence electrons. The molecule has 0 N–H and O–H groups in total. The molecule has 3 aromatic rings. The van der Waals surface area contributed by atoms with Gasteiger partial charge in [0.15, 0.2) is 0 Å². The number of hydrogen-bond acceptors (Lipinski definition) is 2. The van der Waals surface area contributed by atoms with E-state index in [0.717, 1.165) is 41.0 Å². The van der Waals surface area contributed by atoms with Gasteiger partial charge in [0.1, 0.15) is 12.4 Å². The minimum Gasteiger partial charge on any atom is -0.489 e. The van der Waals surface area contributed by atoms with Crippen molar-refractivity contribution >= 4 is 11.8 Å². The van der Waals surface area contributed by atoms with Crippen molar-refractivity contribution in [2.75, 3.05) is 6.54 Å². The lowest BCUT2D eigenvalue weighted by Crippen LogP contribution is -2.11. The third kappa shape index (κ3) is 4.79. The molecule has 0 fully saturated rings. The number of benzene rings is 3. The molecule has 5 heteroatoms. The van der Waals surface area contributed by atoms with Gasteiger partial charge in [-0.1, -0.05) is 48.5 Å². The highest BCUT2D eigenvalue weighted by Gasteiger charge is 2.30. The summed E-state index contributed by atoms with van der Waals surface area (Å²) in [6.07, 6.45) is 0.492. The number of allylic oxidation sites excluding steroid dienone is 1. The predicted octanol–water partition coefficient (Wildman–Crippen LogP) is 6.34. The van der Waals surface area contributed by atoms with Crippen LogP contribution in [0, 0.1) is 0 Å². The first-order chi connectivity index (χ1) is 14.5. The maximum absolute atomic E-state index is 12.9. The minimum atomic E-state index is -4.36. The van der Waals surface area contributed by atoms with Crippen LogP contribution in [0.3, 0.4) is 0 Å². The molecular formula is C25H20F3NO. The molecule has 0 amide bonds. The summed E-state index contributed by atoms with van der Waals surface area (Å²) in [6.45, 7) is 0.774. The Bertz CT molecular complexity index is 1090. The number of ether oxygens (including phenoxy) is 1. The second kappa shape index (κ2) is 8.57. The molecule has 1 aliphatic rings. The number of fused-ring (bicyclic) bond motifs is 1. The summed E-state index contributed by atoms with van der Waals surface area (Å²) in [5.74, 6) is 0.638. The van der Waals surface area contributed by atoms with Crippen LogP contribution in [0.25, 0.3) is 6.08 Å². The molecule has 0 unspecified atom stereocenters. The Kier molecular flexibility index (Phi) is 5.70. The van der Waals surface area contributed by atoms with E-state index < -0.39 is 11.7 Å². The maximum Gasteiger partial charge on any atom is 0.416 e. The van der Waals surface area contributed by atoms with Gasteiger partial charge >= 0.3 is 6.18 Å². The van der Waals surface area contributed by atoms with Crippen molar-refractivity contribution in [3.63, 3.8) is 0 Å². The molecule has 0 aliphatic carbocycles. The molecule has 4 rings (SSSR count). The van der Waals surface area contributed by atoms with Crippen LogP contribution in [-0.2, 0) is 19.2 Å². The van der Waals surface area contributed by atoms with E-state index >= 15 is 0 Å². The Balaban J connectivity index is 1.47. The van der Waals surface area contributed by atoms with Crippen LogP contribution in [0.2, 0.25) is 0 Å². The zero-order valence-electron chi connectivity index (χ0n) is 16.2. The van der Waals surface area contributed by atoms with Gasteiger partial charge < -0.3 is 4.74 Å². The fourth-order valence-corrected chi connectivity index (χ4v) is 3.38. The van der Waals surface area contributed by atoms with Gasteiger partial charge in [-0.15, -0.1) is 0 Å². The van der Waals surface area contributed by atoms with Gasteiger partial charge in [0, 0.05) is 12.1 Å². The van der Waals surface area contributed by atoms with Gasteiger partial charge in [0.25, 0.3) is 0 Å². The van der Waals surface area contributed by atoms with Crippen LogP contribution < -0.4 is 4.74 Å². The number of rotatable bonds is 5. The van der Waals surface area contributed by atoms with E-state index in [9.17, 15) is 13.2 Å². The molecule has 0 spiro atoms. The topological polar surface area (TPSA) is 21.6 Å². The highest BCUT2D eigenvalue weighted by atomic mass is 19.4. The summed E-state index contributed by atoms with van der Waals surface area (Å²) < 4.78 is 44.4.